The van der Waals surface area contributed by atoms with E-state index in [0.717, 1.165) is 0 Å². The van der Waals surface area contributed by atoms with E-state index in [9.17, 15) is 13.2 Å². The summed E-state index contributed by atoms with van der Waals surface area (Å²) in [4.78, 5) is 11.8. The van der Waals surface area contributed by atoms with Gasteiger partial charge in [0.25, 0.3) is 0 Å². The number of benzene rings is 1. The van der Waals surface area contributed by atoms with Crippen molar-refractivity contribution in [1.29, 1.82) is 0 Å². The predicted octanol–water partition coefficient (Wildman–Crippen LogP) is 2.56. The first-order valence-electron chi connectivity index (χ1n) is 5.89. The minimum Gasteiger partial charge on any atom is -0.462 e. The molecule has 8 heteroatoms. The second kappa shape index (κ2) is 7.15. The smallest absolute Gasteiger partial charge is 0.339 e. The van der Waals surface area contributed by atoms with Gasteiger partial charge in [-0.05, 0) is 18.6 Å². The van der Waals surface area contributed by atoms with E-state index < -0.39 is 15.8 Å². The topological polar surface area (TPSA) is 86.5 Å². The van der Waals surface area contributed by atoms with E-state index in [-0.39, 0.29) is 40.1 Å². The molecule has 20 heavy (non-hydrogen) atoms. The highest BCUT2D eigenvalue weighted by Gasteiger charge is 2.16. The molecule has 0 aliphatic heterocycles. The zero-order valence-electron chi connectivity index (χ0n) is 10.9. The Morgan fingerprint density at radius 3 is 2.60 bits per heavy atom. The van der Waals surface area contributed by atoms with Crippen LogP contribution in [0.25, 0.3) is 0 Å². The average molecular weight is 340 g/mol. The first-order chi connectivity index (χ1) is 9.26. The van der Waals surface area contributed by atoms with Gasteiger partial charge >= 0.3 is 5.97 Å². The molecule has 1 rings (SSSR count). The molecule has 0 saturated heterocycles. The number of sulfone groups is 1. The number of nitrogens with two attached hydrogens (primary N) is 1. The molecular formula is C12H15Cl2NO4S. The van der Waals surface area contributed by atoms with Crippen LogP contribution in [0.1, 0.15) is 23.7 Å². The van der Waals surface area contributed by atoms with Gasteiger partial charge in [-0.2, -0.15) is 0 Å². The van der Waals surface area contributed by atoms with Gasteiger partial charge in [0, 0.05) is 11.4 Å². The number of hydrogen-bond donors (Lipinski definition) is 1. The summed E-state index contributed by atoms with van der Waals surface area (Å²) in [5, 5.41) is 0.222. The third kappa shape index (κ3) is 4.85. The second-order valence-corrected chi connectivity index (χ2v) is 7.35. The normalized spacial score (nSPS) is 11.3. The Morgan fingerprint density at radius 1 is 1.35 bits per heavy atom. The minimum atomic E-state index is -3.06. The van der Waals surface area contributed by atoms with Crippen molar-refractivity contribution in [2.75, 3.05) is 23.8 Å². The van der Waals surface area contributed by atoms with E-state index in [1.807, 2.05) is 0 Å². The molecular weight excluding hydrogens is 325 g/mol. The summed E-state index contributed by atoms with van der Waals surface area (Å²) in [5.74, 6) is -0.641. The van der Waals surface area contributed by atoms with Gasteiger partial charge in [0.05, 0.1) is 28.0 Å². The molecule has 0 unspecified atom stereocenters. The van der Waals surface area contributed by atoms with E-state index in [4.69, 9.17) is 33.7 Å². The largest absolute Gasteiger partial charge is 0.462 e. The van der Waals surface area contributed by atoms with Crippen molar-refractivity contribution in [2.24, 2.45) is 0 Å². The van der Waals surface area contributed by atoms with E-state index in [2.05, 4.69) is 0 Å². The van der Waals surface area contributed by atoms with Gasteiger partial charge in [-0.3, -0.25) is 0 Å². The molecule has 0 aliphatic carbocycles. The average Bonchev–Trinajstić information content (AvgIpc) is 2.38. The summed E-state index contributed by atoms with van der Waals surface area (Å²) in [5.41, 5.74) is 5.92. The van der Waals surface area contributed by atoms with Gasteiger partial charge in [-0.15, -0.1) is 0 Å². The molecule has 0 aliphatic rings. The van der Waals surface area contributed by atoms with Crippen LogP contribution < -0.4 is 5.73 Å². The number of carbonyl (C=O) groups is 1. The van der Waals surface area contributed by atoms with Crippen LogP contribution in [0, 0.1) is 0 Å². The van der Waals surface area contributed by atoms with Gasteiger partial charge in [-0.25, -0.2) is 13.2 Å². The maximum atomic E-state index is 11.8. The number of anilines is 1. The lowest BCUT2D eigenvalue weighted by Crippen LogP contribution is -2.13. The third-order valence-corrected chi connectivity index (χ3v) is 5.14. The summed E-state index contributed by atoms with van der Waals surface area (Å²) in [6.07, 6.45) is 0.232. The quantitative estimate of drug-likeness (QED) is 0.489. The second-order valence-electron chi connectivity index (χ2n) is 4.09. The standard InChI is InChI=1S/C12H15Cl2NO4S/c1-2-20(17,18)5-3-4-19-12(16)9-6-8(15)7-10(13)11(9)14/h6-7H,2-5,15H2,1H3. The molecule has 2 N–H and O–H groups in total. The van der Waals surface area contributed by atoms with Gasteiger partial charge in [-0.1, -0.05) is 30.1 Å². The highest BCUT2D eigenvalue weighted by atomic mass is 35.5. The van der Waals surface area contributed by atoms with E-state index in [0.29, 0.717) is 5.69 Å². The highest BCUT2D eigenvalue weighted by Crippen LogP contribution is 2.29. The van der Waals surface area contributed by atoms with Crippen LogP contribution in [0.3, 0.4) is 0 Å². The zero-order valence-corrected chi connectivity index (χ0v) is 13.2. The molecule has 0 bridgehead atoms. The number of esters is 1. The Labute approximate surface area is 127 Å². The third-order valence-electron chi connectivity index (χ3n) is 2.54. The van der Waals surface area contributed by atoms with Crippen molar-refractivity contribution in [3.63, 3.8) is 0 Å². The van der Waals surface area contributed by atoms with Crippen LogP contribution in [-0.4, -0.2) is 32.5 Å². The van der Waals surface area contributed by atoms with Crippen molar-refractivity contribution in [3.05, 3.63) is 27.7 Å². The molecule has 1 aromatic rings. The molecule has 0 fully saturated rings. The first-order valence-corrected chi connectivity index (χ1v) is 8.46. The Bertz CT molecular complexity index is 602. The summed E-state index contributed by atoms with van der Waals surface area (Å²) in [6.45, 7) is 1.55. The van der Waals surface area contributed by atoms with E-state index >= 15 is 0 Å². The summed E-state index contributed by atoms with van der Waals surface area (Å²) in [7, 11) is -3.06. The molecule has 112 valence electrons. The van der Waals surface area contributed by atoms with E-state index in [1.54, 1.807) is 6.92 Å². The zero-order chi connectivity index (χ0) is 15.3. The lowest BCUT2D eigenvalue weighted by molar-refractivity contribution is 0.0506. The fourth-order valence-electron chi connectivity index (χ4n) is 1.42. The molecule has 1 aromatic carbocycles. The predicted molar refractivity (Wildman–Crippen MR) is 80.1 cm³/mol. The van der Waals surface area contributed by atoms with Gasteiger partial charge < -0.3 is 10.5 Å². The highest BCUT2D eigenvalue weighted by molar-refractivity contribution is 7.91. The van der Waals surface area contributed by atoms with Gasteiger partial charge in [0.1, 0.15) is 9.84 Å². The van der Waals surface area contributed by atoms with Crippen molar-refractivity contribution < 1.29 is 17.9 Å². The molecule has 0 saturated carbocycles. The number of carbonyl (C=O) groups excluding carboxylic acids is 1. The first kappa shape index (κ1) is 17.1. The Balaban J connectivity index is 2.60. The van der Waals surface area contributed by atoms with Crippen LogP contribution in [0.4, 0.5) is 5.69 Å². The van der Waals surface area contributed by atoms with Crippen LogP contribution in [0.2, 0.25) is 10.0 Å². The Morgan fingerprint density at radius 2 is 2.00 bits per heavy atom. The number of halogens is 2. The molecule has 0 aromatic heterocycles. The van der Waals surface area contributed by atoms with Crippen molar-refractivity contribution in [1.82, 2.24) is 0 Å². The Hall–Kier alpha value is -0.980. The van der Waals surface area contributed by atoms with Gasteiger partial charge in [0.2, 0.25) is 0 Å². The molecule has 0 atom stereocenters. The fraction of sp³-hybridized carbons (Fsp3) is 0.417. The lowest BCUT2D eigenvalue weighted by Gasteiger charge is -2.08. The van der Waals surface area contributed by atoms with Crippen LogP contribution >= 0.6 is 23.2 Å². The number of ether oxygens (including phenoxy) is 1. The Kier molecular flexibility index (Phi) is 6.10. The molecule has 5 nitrogen and oxygen atoms in total. The number of rotatable bonds is 6. The monoisotopic (exact) mass is 339 g/mol. The molecule has 0 heterocycles. The van der Waals surface area contributed by atoms with Crippen molar-refractivity contribution in [3.8, 4) is 0 Å². The summed E-state index contributed by atoms with van der Waals surface area (Å²) >= 11 is 11.7. The van der Waals surface area contributed by atoms with Crippen LogP contribution in [0.15, 0.2) is 12.1 Å². The lowest BCUT2D eigenvalue weighted by atomic mass is 10.2. The molecule has 0 amide bonds. The van der Waals surface area contributed by atoms with Gasteiger partial charge in [0.15, 0.2) is 0 Å². The van der Waals surface area contributed by atoms with E-state index in [1.165, 1.54) is 12.1 Å². The number of hydrogen-bond acceptors (Lipinski definition) is 5. The molecule has 0 radical (unpaired) electrons. The summed E-state index contributed by atoms with van der Waals surface area (Å²) < 4.78 is 27.5. The van der Waals surface area contributed by atoms with Crippen molar-refractivity contribution >= 4 is 44.7 Å². The fourth-order valence-corrected chi connectivity index (χ4v) is 2.68. The maximum absolute atomic E-state index is 11.8. The minimum absolute atomic E-state index is 0.0131. The maximum Gasteiger partial charge on any atom is 0.339 e. The van der Waals surface area contributed by atoms with Crippen LogP contribution in [0.5, 0.6) is 0 Å². The SMILES string of the molecule is CCS(=O)(=O)CCCOC(=O)c1cc(N)cc(Cl)c1Cl. The summed E-state index contributed by atoms with van der Waals surface area (Å²) in [6, 6.07) is 2.79. The van der Waals surface area contributed by atoms with Crippen LogP contribution in [-0.2, 0) is 14.6 Å². The molecule has 0 spiro atoms. The number of nitrogen functional groups attached to an aromatic ring is 1. The van der Waals surface area contributed by atoms with Crippen molar-refractivity contribution in [2.45, 2.75) is 13.3 Å².